The van der Waals surface area contributed by atoms with E-state index >= 15 is 0 Å². The number of hydrogen-bond donors (Lipinski definition) is 1. The minimum absolute atomic E-state index is 0.0112. The van der Waals surface area contributed by atoms with Crippen LogP contribution in [0, 0.1) is 6.92 Å². The summed E-state index contributed by atoms with van der Waals surface area (Å²) in [6.45, 7) is 8.76. The number of anilines is 1. The molecule has 0 amide bonds. The lowest BCUT2D eigenvalue weighted by atomic mass is 9.92. The standard InChI is InChI=1S/C22H28N4/c1-15-9-11-16(12-10-15)18-14-23-26-20(24-17-7-5-6-8-17)13-19(22(2,3)4)25-21(18)26/h9-14,17,24H,5-8H2,1-4H3. The maximum absolute atomic E-state index is 5.00. The smallest absolute Gasteiger partial charge is 0.165 e. The van der Waals surface area contributed by atoms with Crippen molar-refractivity contribution in [1.82, 2.24) is 14.6 Å². The molecule has 1 N–H and O–H groups in total. The summed E-state index contributed by atoms with van der Waals surface area (Å²) in [7, 11) is 0. The van der Waals surface area contributed by atoms with Crippen molar-refractivity contribution in [2.75, 3.05) is 5.32 Å². The normalized spacial score (nSPS) is 15.7. The van der Waals surface area contributed by atoms with Crippen molar-refractivity contribution in [3.05, 3.63) is 47.8 Å². The predicted octanol–water partition coefficient (Wildman–Crippen LogP) is 5.36. The first kappa shape index (κ1) is 17.1. The first-order valence-corrected chi connectivity index (χ1v) is 9.65. The summed E-state index contributed by atoms with van der Waals surface area (Å²) >= 11 is 0. The van der Waals surface area contributed by atoms with E-state index in [9.17, 15) is 0 Å². The number of hydrogen-bond acceptors (Lipinski definition) is 3. The SMILES string of the molecule is Cc1ccc(-c2cnn3c(NC4CCCC4)cc(C(C)(C)C)nc23)cc1. The van der Waals surface area contributed by atoms with Gasteiger partial charge in [-0.3, -0.25) is 0 Å². The number of benzene rings is 1. The summed E-state index contributed by atoms with van der Waals surface area (Å²) in [6.07, 6.45) is 7.04. The summed E-state index contributed by atoms with van der Waals surface area (Å²) in [5, 5.41) is 8.41. The third-order valence-corrected chi connectivity index (χ3v) is 5.31. The minimum atomic E-state index is -0.0112. The molecule has 3 aromatic rings. The molecule has 0 radical (unpaired) electrons. The van der Waals surface area contributed by atoms with E-state index in [4.69, 9.17) is 4.98 Å². The number of nitrogens with zero attached hydrogens (tertiary/aromatic N) is 3. The molecule has 0 unspecified atom stereocenters. The predicted molar refractivity (Wildman–Crippen MR) is 108 cm³/mol. The monoisotopic (exact) mass is 348 g/mol. The zero-order chi connectivity index (χ0) is 18.3. The molecule has 0 spiro atoms. The van der Waals surface area contributed by atoms with Crippen LogP contribution in [-0.4, -0.2) is 20.6 Å². The Morgan fingerprint density at radius 2 is 1.77 bits per heavy atom. The highest BCUT2D eigenvalue weighted by Gasteiger charge is 2.22. The highest BCUT2D eigenvalue weighted by Crippen LogP contribution is 2.31. The zero-order valence-corrected chi connectivity index (χ0v) is 16.2. The van der Waals surface area contributed by atoms with Gasteiger partial charge in [0, 0.05) is 23.1 Å². The Morgan fingerprint density at radius 3 is 2.42 bits per heavy atom. The highest BCUT2D eigenvalue weighted by molar-refractivity contribution is 5.78. The molecule has 4 heteroatoms. The van der Waals surface area contributed by atoms with Crippen LogP contribution in [0.1, 0.15) is 57.7 Å². The van der Waals surface area contributed by atoms with Crippen molar-refractivity contribution < 1.29 is 0 Å². The van der Waals surface area contributed by atoms with Crippen LogP contribution in [0.5, 0.6) is 0 Å². The Labute approximate surface area is 155 Å². The summed E-state index contributed by atoms with van der Waals surface area (Å²) < 4.78 is 1.97. The first-order chi connectivity index (χ1) is 12.4. The van der Waals surface area contributed by atoms with Crippen molar-refractivity contribution in [2.45, 2.75) is 64.8 Å². The maximum atomic E-state index is 5.00. The Balaban J connectivity index is 1.86. The number of rotatable bonds is 3. The summed E-state index contributed by atoms with van der Waals surface area (Å²) in [4.78, 5) is 5.00. The molecule has 0 aliphatic heterocycles. The summed E-state index contributed by atoms with van der Waals surface area (Å²) in [5.74, 6) is 1.06. The van der Waals surface area contributed by atoms with Crippen molar-refractivity contribution in [2.24, 2.45) is 0 Å². The van der Waals surface area contributed by atoms with Gasteiger partial charge in [0.15, 0.2) is 5.65 Å². The van der Waals surface area contributed by atoms with Crippen molar-refractivity contribution >= 4 is 11.5 Å². The summed E-state index contributed by atoms with van der Waals surface area (Å²) in [5.41, 5.74) is 5.53. The largest absolute Gasteiger partial charge is 0.367 e. The van der Waals surface area contributed by atoms with Crippen LogP contribution >= 0.6 is 0 Å². The van der Waals surface area contributed by atoms with Gasteiger partial charge in [0.25, 0.3) is 0 Å². The molecule has 1 fully saturated rings. The molecular weight excluding hydrogens is 320 g/mol. The van der Waals surface area contributed by atoms with Crippen LogP contribution in [0.25, 0.3) is 16.8 Å². The quantitative estimate of drug-likeness (QED) is 0.693. The minimum Gasteiger partial charge on any atom is -0.367 e. The molecule has 4 nitrogen and oxygen atoms in total. The van der Waals surface area contributed by atoms with Crippen LogP contribution < -0.4 is 5.32 Å². The molecule has 1 aromatic carbocycles. The number of aryl methyl sites for hydroxylation is 1. The van der Waals surface area contributed by atoms with Gasteiger partial charge in [-0.25, -0.2) is 4.98 Å². The van der Waals surface area contributed by atoms with Crippen molar-refractivity contribution in [3.8, 4) is 11.1 Å². The number of nitrogens with one attached hydrogen (secondary N) is 1. The fraction of sp³-hybridized carbons (Fsp3) is 0.455. The lowest BCUT2D eigenvalue weighted by molar-refractivity contribution is 0.568. The molecule has 1 saturated carbocycles. The lowest BCUT2D eigenvalue weighted by Gasteiger charge is -2.21. The molecular formula is C22H28N4. The average molecular weight is 348 g/mol. The van der Waals surface area contributed by atoms with E-state index in [1.807, 2.05) is 10.7 Å². The molecule has 1 aliphatic carbocycles. The van der Waals surface area contributed by atoms with E-state index in [-0.39, 0.29) is 5.41 Å². The van der Waals surface area contributed by atoms with E-state index in [1.165, 1.54) is 31.2 Å². The van der Waals surface area contributed by atoms with Gasteiger partial charge >= 0.3 is 0 Å². The molecule has 2 heterocycles. The molecule has 1 aliphatic rings. The van der Waals surface area contributed by atoms with E-state index < -0.39 is 0 Å². The van der Waals surface area contributed by atoms with Gasteiger partial charge in [-0.15, -0.1) is 0 Å². The zero-order valence-electron chi connectivity index (χ0n) is 16.2. The highest BCUT2D eigenvalue weighted by atomic mass is 15.3. The van der Waals surface area contributed by atoms with Crippen LogP contribution in [-0.2, 0) is 5.41 Å². The van der Waals surface area contributed by atoms with E-state index in [1.54, 1.807) is 0 Å². The summed E-state index contributed by atoms with van der Waals surface area (Å²) in [6, 6.07) is 11.3. The third kappa shape index (κ3) is 3.20. The van der Waals surface area contributed by atoms with Gasteiger partial charge < -0.3 is 5.32 Å². The van der Waals surface area contributed by atoms with Gasteiger partial charge in [-0.05, 0) is 25.3 Å². The first-order valence-electron chi connectivity index (χ1n) is 9.65. The molecule has 26 heavy (non-hydrogen) atoms. The van der Waals surface area contributed by atoms with Gasteiger partial charge in [-0.1, -0.05) is 63.4 Å². The van der Waals surface area contributed by atoms with E-state index in [0.717, 1.165) is 28.3 Å². The maximum Gasteiger partial charge on any atom is 0.165 e. The molecule has 4 rings (SSSR count). The fourth-order valence-corrected chi connectivity index (χ4v) is 3.67. The average Bonchev–Trinajstić information content (AvgIpc) is 3.24. The number of aromatic nitrogens is 3. The molecule has 0 bridgehead atoms. The number of fused-ring (bicyclic) bond motifs is 1. The second kappa shape index (κ2) is 6.42. The molecule has 2 aromatic heterocycles. The van der Waals surface area contributed by atoms with E-state index in [0.29, 0.717) is 6.04 Å². The van der Waals surface area contributed by atoms with Crippen LogP contribution in [0.3, 0.4) is 0 Å². The fourth-order valence-electron chi connectivity index (χ4n) is 3.67. The molecule has 0 saturated heterocycles. The van der Waals surface area contributed by atoms with Gasteiger partial charge in [0.1, 0.15) is 5.82 Å². The topological polar surface area (TPSA) is 42.2 Å². The molecule has 0 atom stereocenters. The van der Waals surface area contributed by atoms with Crippen LogP contribution in [0.15, 0.2) is 36.5 Å². The second-order valence-corrected chi connectivity index (χ2v) is 8.56. The Kier molecular flexibility index (Phi) is 4.22. The molecule has 136 valence electrons. The third-order valence-electron chi connectivity index (χ3n) is 5.31. The Hall–Kier alpha value is -2.36. The lowest BCUT2D eigenvalue weighted by Crippen LogP contribution is -2.20. The Morgan fingerprint density at radius 1 is 1.08 bits per heavy atom. The van der Waals surface area contributed by atoms with Gasteiger partial charge in [0.2, 0.25) is 0 Å². The Bertz CT molecular complexity index is 910. The van der Waals surface area contributed by atoms with Crippen molar-refractivity contribution in [1.29, 1.82) is 0 Å². The van der Waals surface area contributed by atoms with Gasteiger partial charge in [-0.2, -0.15) is 9.61 Å². The second-order valence-electron chi connectivity index (χ2n) is 8.56. The van der Waals surface area contributed by atoms with Crippen molar-refractivity contribution in [3.63, 3.8) is 0 Å². The van der Waals surface area contributed by atoms with Gasteiger partial charge in [0.05, 0.1) is 11.9 Å². The van der Waals surface area contributed by atoms with E-state index in [2.05, 4.69) is 68.4 Å². The van der Waals surface area contributed by atoms with Crippen LogP contribution in [0.2, 0.25) is 0 Å². The van der Waals surface area contributed by atoms with Crippen LogP contribution in [0.4, 0.5) is 5.82 Å².